The van der Waals surface area contributed by atoms with Crippen LogP contribution in [0.4, 0.5) is 17.1 Å². The summed E-state index contributed by atoms with van der Waals surface area (Å²) in [7, 11) is 0. The Morgan fingerprint density at radius 1 is 1.05 bits per heavy atom. The highest BCUT2D eigenvalue weighted by atomic mass is 16.6. The molecule has 2 aromatic carbocycles. The van der Waals surface area contributed by atoms with Gasteiger partial charge in [-0.25, -0.2) is 0 Å². The van der Waals surface area contributed by atoms with Gasteiger partial charge in [-0.2, -0.15) is 5.10 Å². The van der Waals surface area contributed by atoms with E-state index in [0.29, 0.717) is 6.42 Å². The molecule has 1 N–H and O–H groups in total. The van der Waals surface area contributed by atoms with Crippen LogP contribution in [-0.4, -0.2) is 15.6 Å². The summed E-state index contributed by atoms with van der Waals surface area (Å²) in [6.07, 6.45) is 0.684. The highest BCUT2D eigenvalue weighted by Crippen LogP contribution is 2.30. The molecular weight excluding hydrogens is 288 g/mol. The van der Waals surface area contributed by atoms with Crippen LogP contribution in [0.3, 0.4) is 0 Å². The minimum atomic E-state index is -0.676. The van der Waals surface area contributed by atoms with E-state index in [-0.39, 0.29) is 17.1 Å². The van der Waals surface area contributed by atoms with E-state index in [9.17, 15) is 20.2 Å². The lowest BCUT2D eigenvalue weighted by Gasteiger charge is -2.20. The standard InChI is InChI=1S/C14H10N4O4/c19-17(20)10-5-6-12(14(8-10)18(21)22)15-16-13-7-9-3-1-2-4-11(9)13/h1-6,8,15H,7H2/b16-13+. The first-order chi connectivity index (χ1) is 10.6. The van der Waals surface area contributed by atoms with Crippen molar-refractivity contribution in [1.29, 1.82) is 0 Å². The summed E-state index contributed by atoms with van der Waals surface area (Å²) in [5, 5.41) is 25.8. The number of hydrogen-bond donors (Lipinski definition) is 1. The molecule has 2 aromatic rings. The third kappa shape index (κ3) is 2.37. The van der Waals surface area contributed by atoms with E-state index < -0.39 is 9.85 Å². The van der Waals surface area contributed by atoms with E-state index in [1.54, 1.807) is 0 Å². The zero-order valence-electron chi connectivity index (χ0n) is 11.2. The smallest absolute Gasteiger partial charge is 0.271 e. The normalized spacial score (nSPS) is 14.1. The third-order valence-electron chi connectivity index (χ3n) is 3.39. The van der Waals surface area contributed by atoms with Crippen molar-refractivity contribution in [3.8, 4) is 0 Å². The zero-order valence-corrected chi connectivity index (χ0v) is 11.2. The Labute approximate surface area is 124 Å². The van der Waals surface area contributed by atoms with Gasteiger partial charge in [0.2, 0.25) is 0 Å². The van der Waals surface area contributed by atoms with Crippen LogP contribution < -0.4 is 5.43 Å². The Morgan fingerprint density at radius 3 is 2.50 bits per heavy atom. The minimum absolute atomic E-state index is 0.118. The average Bonchev–Trinajstić information content (AvgIpc) is 2.48. The van der Waals surface area contributed by atoms with E-state index in [2.05, 4.69) is 10.5 Å². The van der Waals surface area contributed by atoms with Crippen LogP contribution in [0.1, 0.15) is 11.1 Å². The Balaban J connectivity index is 1.87. The van der Waals surface area contributed by atoms with Gasteiger partial charge >= 0.3 is 5.69 Å². The number of nitro benzene ring substituents is 2. The van der Waals surface area contributed by atoms with Gasteiger partial charge in [-0.15, -0.1) is 0 Å². The van der Waals surface area contributed by atoms with Crippen LogP contribution >= 0.6 is 0 Å². The summed E-state index contributed by atoms with van der Waals surface area (Å²) in [6, 6.07) is 11.1. The van der Waals surface area contributed by atoms with E-state index in [1.165, 1.54) is 17.7 Å². The zero-order chi connectivity index (χ0) is 15.7. The number of benzene rings is 2. The van der Waals surface area contributed by atoms with Gasteiger partial charge in [0.25, 0.3) is 5.69 Å². The molecule has 0 saturated heterocycles. The largest absolute Gasteiger partial charge is 0.301 e. The Kier molecular flexibility index (Phi) is 3.26. The third-order valence-corrected chi connectivity index (χ3v) is 3.39. The van der Waals surface area contributed by atoms with E-state index in [4.69, 9.17) is 0 Å². The summed E-state index contributed by atoms with van der Waals surface area (Å²) < 4.78 is 0. The molecule has 3 rings (SSSR count). The van der Waals surface area contributed by atoms with E-state index in [0.717, 1.165) is 17.3 Å². The molecule has 8 heteroatoms. The maximum absolute atomic E-state index is 11.0. The van der Waals surface area contributed by atoms with Gasteiger partial charge < -0.3 is 0 Å². The second-order valence-electron chi connectivity index (χ2n) is 4.72. The monoisotopic (exact) mass is 298 g/mol. The summed E-state index contributed by atoms with van der Waals surface area (Å²) >= 11 is 0. The molecule has 0 amide bonds. The van der Waals surface area contributed by atoms with E-state index in [1.807, 2.05) is 24.3 Å². The van der Waals surface area contributed by atoms with Crippen LogP contribution in [0.15, 0.2) is 47.6 Å². The molecule has 0 unspecified atom stereocenters. The minimum Gasteiger partial charge on any atom is -0.271 e. The summed E-state index contributed by atoms with van der Waals surface area (Å²) in [6.45, 7) is 0. The van der Waals surface area contributed by atoms with Gasteiger partial charge in [-0.3, -0.25) is 25.7 Å². The number of non-ortho nitro benzene ring substituents is 1. The van der Waals surface area contributed by atoms with E-state index >= 15 is 0 Å². The van der Waals surface area contributed by atoms with Crippen molar-refractivity contribution in [3.05, 3.63) is 73.8 Å². The number of fused-ring (bicyclic) bond motifs is 1. The first-order valence-corrected chi connectivity index (χ1v) is 6.40. The maximum Gasteiger partial charge on any atom is 0.301 e. The number of nitrogens with one attached hydrogen (secondary N) is 1. The molecule has 0 aromatic heterocycles. The molecule has 0 aliphatic heterocycles. The van der Waals surface area contributed by atoms with Crippen molar-refractivity contribution in [1.82, 2.24) is 0 Å². The molecule has 1 aliphatic carbocycles. The number of nitro groups is 2. The van der Waals surface area contributed by atoms with Gasteiger partial charge in [-0.1, -0.05) is 24.3 Å². The predicted octanol–water partition coefficient (Wildman–Crippen LogP) is 2.88. The first kappa shape index (κ1) is 13.7. The number of anilines is 1. The van der Waals surface area contributed by atoms with Gasteiger partial charge in [-0.05, 0) is 11.6 Å². The molecule has 0 heterocycles. The van der Waals surface area contributed by atoms with Crippen LogP contribution in [-0.2, 0) is 6.42 Å². The molecule has 0 atom stereocenters. The summed E-state index contributed by atoms with van der Waals surface area (Å²) in [5.41, 5.74) is 4.99. The fourth-order valence-corrected chi connectivity index (χ4v) is 2.23. The fraction of sp³-hybridized carbons (Fsp3) is 0.0714. The molecule has 22 heavy (non-hydrogen) atoms. The highest BCUT2D eigenvalue weighted by molar-refractivity contribution is 6.10. The van der Waals surface area contributed by atoms with Crippen molar-refractivity contribution in [2.45, 2.75) is 6.42 Å². The lowest BCUT2D eigenvalue weighted by Crippen LogP contribution is -2.21. The molecule has 110 valence electrons. The van der Waals surface area contributed by atoms with Gasteiger partial charge in [0.15, 0.2) is 0 Å². The van der Waals surface area contributed by atoms with Crippen LogP contribution in [0.2, 0.25) is 0 Å². The lowest BCUT2D eigenvalue weighted by atomic mass is 9.87. The van der Waals surface area contributed by atoms with Crippen molar-refractivity contribution in [3.63, 3.8) is 0 Å². The van der Waals surface area contributed by atoms with Crippen molar-refractivity contribution in [2.75, 3.05) is 5.43 Å². The number of hydrogen-bond acceptors (Lipinski definition) is 6. The maximum atomic E-state index is 11.0. The molecule has 0 radical (unpaired) electrons. The topological polar surface area (TPSA) is 111 Å². The molecule has 8 nitrogen and oxygen atoms in total. The number of hydrazone groups is 1. The predicted molar refractivity (Wildman–Crippen MR) is 80.1 cm³/mol. The van der Waals surface area contributed by atoms with Crippen molar-refractivity contribution in [2.24, 2.45) is 5.10 Å². The van der Waals surface area contributed by atoms with Crippen molar-refractivity contribution < 1.29 is 9.85 Å². The Hall–Kier alpha value is -3.29. The number of nitrogens with zero attached hydrogens (tertiary/aromatic N) is 3. The first-order valence-electron chi connectivity index (χ1n) is 6.40. The lowest BCUT2D eigenvalue weighted by molar-refractivity contribution is -0.393. The summed E-state index contributed by atoms with van der Waals surface area (Å²) in [5.74, 6) is 0. The SMILES string of the molecule is O=[N+]([O-])c1ccc(N/N=C2\Cc3ccccc32)c([N+](=O)[O-])c1. The Bertz CT molecular complexity index is 816. The highest BCUT2D eigenvalue weighted by Gasteiger charge is 2.22. The molecule has 0 fully saturated rings. The fourth-order valence-electron chi connectivity index (χ4n) is 2.23. The van der Waals surface area contributed by atoms with Crippen LogP contribution in [0, 0.1) is 20.2 Å². The van der Waals surface area contributed by atoms with Crippen LogP contribution in [0.5, 0.6) is 0 Å². The number of rotatable bonds is 4. The quantitative estimate of drug-likeness (QED) is 0.689. The van der Waals surface area contributed by atoms with Gasteiger partial charge in [0, 0.05) is 18.1 Å². The van der Waals surface area contributed by atoms with Gasteiger partial charge in [0.1, 0.15) is 5.69 Å². The molecule has 1 aliphatic rings. The second kappa shape index (κ2) is 5.24. The second-order valence-corrected chi connectivity index (χ2v) is 4.72. The summed E-state index contributed by atoms with van der Waals surface area (Å²) in [4.78, 5) is 20.3. The molecule has 0 bridgehead atoms. The Morgan fingerprint density at radius 2 is 1.82 bits per heavy atom. The molecule has 0 saturated carbocycles. The average molecular weight is 298 g/mol. The molecule has 0 spiro atoms. The van der Waals surface area contributed by atoms with Crippen molar-refractivity contribution >= 4 is 22.8 Å². The molecular formula is C14H10N4O4. The van der Waals surface area contributed by atoms with Crippen LogP contribution in [0.25, 0.3) is 0 Å². The van der Waals surface area contributed by atoms with Gasteiger partial charge in [0.05, 0.1) is 21.6 Å².